The Hall–Kier alpha value is -3.99. The molecule has 0 heterocycles. The van der Waals surface area contributed by atoms with Crippen LogP contribution in [0.1, 0.15) is 57.8 Å². The van der Waals surface area contributed by atoms with Crippen LogP contribution in [0.5, 0.6) is 0 Å². The lowest BCUT2D eigenvalue weighted by atomic mass is 10.0. The maximum absolute atomic E-state index is 13.1. The van der Waals surface area contributed by atoms with Crippen LogP contribution in [0.2, 0.25) is 0 Å². The van der Waals surface area contributed by atoms with Crippen molar-refractivity contribution in [3.05, 3.63) is 0 Å². The minimum absolute atomic E-state index is 0.0237. The zero-order valence-corrected chi connectivity index (χ0v) is 21.6. The Morgan fingerprint density at radius 3 is 1.67 bits per heavy atom. The average Bonchev–Trinajstić information content (AvgIpc) is 2.85. The first-order chi connectivity index (χ1) is 18.3. The number of carboxylic acids is 3. The second-order valence-electron chi connectivity index (χ2n) is 8.73. The first-order valence-corrected chi connectivity index (χ1v) is 12.4. The number of carbonyl (C=O) groups is 6. The van der Waals surface area contributed by atoms with Crippen molar-refractivity contribution in [2.45, 2.75) is 82.0 Å². The highest BCUT2D eigenvalue weighted by molar-refractivity contribution is 5.94. The number of guanidine groups is 1. The molecule has 0 aromatic heterocycles. The summed E-state index contributed by atoms with van der Waals surface area (Å²) in [5.41, 5.74) is 21.7. The fraction of sp³-hybridized carbons (Fsp3) is 0.682. The lowest BCUT2D eigenvalue weighted by molar-refractivity contribution is -0.143. The number of hydrogen-bond donors (Lipinski definition) is 10. The van der Waals surface area contributed by atoms with Gasteiger partial charge in [0, 0.05) is 19.4 Å². The Kier molecular flexibility index (Phi) is 17.2. The van der Waals surface area contributed by atoms with E-state index in [0.717, 1.165) is 0 Å². The summed E-state index contributed by atoms with van der Waals surface area (Å²) in [4.78, 5) is 75.7. The number of carboxylic acid groups (broad SMARTS) is 3. The summed E-state index contributed by atoms with van der Waals surface area (Å²) < 4.78 is 0. The highest BCUT2D eigenvalue weighted by Crippen LogP contribution is 2.07. The summed E-state index contributed by atoms with van der Waals surface area (Å²) in [7, 11) is 0. The van der Waals surface area contributed by atoms with Crippen molar-refractivity contribution in [2.24, 2.45) is 27.9 Å². The van der Waals surface area contributed by atoms with E-state index in [1.807, 2.05) is 0 Å². The summed E-state index contributed by atoms with van der Waals surface area (Å²) >= 11 is 0. The number of hydrogen-bond acceptors (Lipinski definition) is 9. The highest BCUT2D eigenvalue weighted by Gasteiger charge is 2.30. The summed E-state index contributed by atoms with van der Waals surface area (Å²) in [6.07, 6.45) is -0.299. The monoisotopic (exact) mass is 560 g/mol. The molecule has 14 N–H and O–H groups in total. The third-order valence-electron chi connectivity index (χ3n) is 5.43. The molecule has 39 heavy (non-hydrogen) atoms. The van der Waals surface area contributed by atoms with E-state index in [2.05, 4.69) is 20.9 Å². The van der Waals surface area contributed by atoms with Gasteiger partial charge in [-0.1, -0.05) is 0 Å². The fourth-order valence-electron chi connectivity index (χ4n) is 3.29. The van der Waals surface area contributed by atoms with E-state index in [-0.39, 0.29) is 51.0 Å². The van der Waals surface area contributed by atoms with Gasteiger partial charge in [-0.2, -0.15) is 0 Å². The van der Waals surface area contributed by atoms with E-state index in [1.54, 1.807) is 0 Å². The Labute approximate surface area is 225 Å². The van der Waals surface area contributed by atoms with E-state index < -0.39 is 66.2 Å². The number of nitrogens with zero attached hydrogens (tertiary/aromatic N) is 1. The van der Waals surface area contributed by atoms with E-state index in [1.165, 1.54) is 0 Å². The number of aliphatic imine (C=N–C) groups is 1. The first kappa shape index (κ1) is 35.0. The number of rotatable bonds is 21. The van der Waals surface area contributed by atoms with Crippen molar-refractivity contribution in [3.8, 4) is 0 Å². The Bertz CT molecular complexity index is 880. The largest absolute Gasteiger partial charge is 0.481 e. The molecule has 0 aliphatic rings. The minimum Gasteiger partial charge on any atom is -0.481 e. The number of nitrogens with two attached hydrogens (primary N) is 4. The molecule has 0 aliphatic heterocycles. The first-order valence-electron chi connectivity index (χ1n) is 12.4. The van der Waals surface area contributed by atoms with Crippen LogP contribution in [0.3, 0.4) is 0 Å². The molecule has 0 aliphatic carbocycles. The Balaban J connectivity index is 5.66. The third kappa shape index (κ3) is 16.5. The van der Waals surface area contributed by atoms with Gasteiger partial charge in [-0.3, -0.25) is 29.0 Å². The summed E-state index contributed by atoms with van der Waals surface area (Å²) in [5, 5.41) is 34.3. The molecular formula is C22H40N8O9. The van der Waals surface area contributed by atoms with Crippen LogP contribution in [-0.4, -0.2) is 94.2 Å². The Morgan fingerprint density at radius 2 is 1.15 bits per heavy atom. The number of aliphatic carboxylic acids is 3. The smallest absolute Gasteiger partial charge is 0.326 e. The van der Waals surface area contributed by atoms with Crippen molar-refractivity contribution in [3.63, 3.8) is 0 Å². The molecule has 3 amide bonds. The number of amides is 3. The summed E-state index contributed by atoms with van der Waals surface area (Å²) in [6, 6.07) is -5.26. The van der Waals surface area contributed by atoms with Crippen LogP contribution in [0.4, 0.5) is 0 Å². The zero-order chi connectivity index (χ0) is 30.0. The molecule has 17 nitrogen and oxygen atoms in total. The van der Waals surface area contributed by atoms with Crippen molar-refractivity contribution >= 4 is 41.6 Å². The quantitative estimate of drug-likeness (QED) is 0.0375. The molecule has 0 radical (unpaired) electrons. The zero-order valence-electron chi connectivity index (χ0n) is 21.6. The highest BCUT2D eigenvalue weighted by atomic mass is 16.4. The summed E-state index contributed by atoms with van der Waals surface area (Å²) in [5.74, 6) is -6.56. The molecule has 17 heteroatoms. The summed E-state index contributed by atoms with van der Waals surface area (Å²) in [6.45, 7) is 0.424. The van der Waals surface area contributed by atoms with Crippen LogP contribution in [0.15, 0.2) is 4.99 Å². The third-order valence-corrected chi connectivity index (χ3v) is 5.43. The molecular weight excluding hydrogens is 520 g/mol. The standard InChI is InChI=1S/C22H40N8O9/c23-10-2-1-4-15(21(38)39)30-20(37)14(7-9-17(33)34)29-19(36)13(5-3-11-27-22(25)26)28-18(35)12(24)6-8-16(31)32/h12-15H,1-11,23-24H2,(H,28,35)(H,29,36)(H,30,37)(H,31,32)(H,33,34)(H,38,39)(H4,25,26,27). The molecule has 4 atom stereocenters. The molecule has 0 saturated heterocycles. The van der Waals surface area contributed by atoms with Crippen LogP contribution in [0.25, 0.3) is 0 Å². The van der Waals surface area contributed by atoms with Crippen molar-refractivity contribution < 1.29 is 44.1 Å². The molecule has 222 valence electrons. The predicted octanol–water partition coefficient (Wildman–Crippen LogP) is -3.24. The molecule has 0 fully saturated rings. The molecule has 0 saturated carbocycles. The molecule has 0 spiro atoms. The van der Waals surface area contributed by atoms with E-state index >= 15 is 0 Å². The van der Waals surface area contributed by atoms with E-state index in [0.29, 0.717) is 19.4 Å². The maximum atomic E-state index is 13.1. The number of unbranched alkanes of at least 4 members (excludes halogenated alkanes) is 1. The van der Waals surface area contributed by atoms with Gasteiger partial charge in [0.05, 0.1) is 6.04 Å². The lowest BCUT2D eigenvalue weighted by Crippen LogP contribution is -2.57. The van der Waals surface area contributed by atoms with Gasteiger partial charge >= 0.3 is 17.9 Å². The van der Waals surface area contributed by atoms with Crippen LogP contribution < -0.4 is 38.9 Å². The van der Waals surface area contributed by atoms with E-state index in [4.69, 9.17) is 33.1 Å². The molecule has 0 aromatic rings. The van der Waals surface area contributed by atoms with Gasteiger partial charge in [0.1, 0.15) is 18.1 Å². The lowest BCUT2D eigenvalue weighted by Gasteiger charge is -2.25. The van der Waals surface area contributed by atoms with Crippen molar-refractivity contribution in [1.29, 1.82) is 0 Å². The number of carbonyl (C=O) groups excluding carboxylic acids is 3. The fourth-order valence-corrected chi connectivity index (χ4v) is 3.29. The predicted molar refractivity (Wildman–Crippen MR) is 138 cm³/mol. The molecule has 0 bridgehead atoms. The van der Waals surface area contributed by atoms with Crippen molar-refractivity contribution in [1.82, 2.24) is 16.0 Å². The average molecular weight is 561 g/mol. The van der Waals surface area contributed by atoms with Gasteiger partial charge in [-0.25, -0.2) is 4.79 Å². The van der Waals surface area contributed by atoms with Gasteiger partial charge < -0.3 is 54.2 Å². The van der Waals surface area contributed by atoms with Gasteiger partial charge in [0.2, 0.25) is 17.7 Å². The van der Waals surface area contributed by atoms with Crippen LogP contribution in [0, 0.1) is 0 Å². The Morgan fingerprint density at radius 1 is 0.667 bits per heavy atom. The van der Waals surface area contributed by atoms with Crippen LogP contribution >= 0.6 is 0 Å². The number of nitrogens with one attached hydrogen (secondary N) is 3. The van der Waals surface area contributed by atoms with Crippen LogP contribution in [-0.2, 0) is 28.8 Å². The van der Waals surface area contributed by atoms with Gasteiger partial charge in [0.25, 0.3) is 0 Å². The normalized spacial score (nSPS) is 13.7. The SMILES string of the molecule is NCCCCC(NC(=O)C(CCC(=O)O)NC(=O)C(CCCN=C(N)N)NC(=O)C(N)CCC(=O)O)C(=O)O. The second kappa shape index (κ2) is 19.1. The van der Waals surface area contributed by atoms with Crippen molar-refractivity contribution in [2.75, 3.05) is 13.1 Å². The van der Waals surface area contributed by atoms with E-state index in [9.17, 15) is 33.9 Å². The topological polar surface area (TPSA) is 316 Å². The molecule has 4 unspecified atom stereocenters. The maximum Gasteiger partial charge on any atom is 0.326 e. The molecule has 0 rings (SSSR count). The molecule has 0 aromatic carbocycles. The second-order valence-corrected chi connectivity index (χ2v) is 8.73. The van der Waals surface area contributed by atoms with Gasteiger partial charge in [-0.05, 0) is 51.5 Å². The van der Waals surface area contributed by atoms with Gasteiger partial charge in [-0.15, -0.1) is 0 Å². The minimum atomic E-state index is -1.44. The van der Waals surface area contributed by atoms with Gasteiger partial charge in [0.15, 0.2) is 5.96 Å².